The molecule has 7 aromatic carbocycles. The SMILES string of the molecule is CC1(C)c2ccccc2-c2cc(-c3c4ccccc4c(C45CC6CC(CC(C6)C4)C5)c4ccc(-c5ccc6c(c5)C(C)(C)c5ccccc5-6)cc34)ccc21. The Labute approximate surface area is 320 Å². The van der Waals surface area contributed by atoms with E-state index in [0.717, 1.165) is 17.8 Å². The van der Waals surface area contributed by atoms with Crippen LogP contribution in [0.4, 0.5) is 0 Å². The summed E-state index contributed by atoms with van der Waals surface area (Å²) in [5, 5.41) is 5.83. The van der Waals surface area contributed by atoms with Crippen LogP contribution in [0.3, 0.4) is 0 Å². The molecule has 7 aromatic rings. The molecule has 0 spiro atoms. The molecule has 4 saturated carbocycles. The summed E-state index contributed by atoms with van der Waals surface area (Å²) in [5.41, 5.74) is 18.6. The van der Waals surface area contributed by atoms with Crippen LogP contribution in [0, 0.1) is 17.8 Å². The fourth-order valence-corrected chi connectivity index (χ4v) is 13.4. The molecular formula is C54H48. The molecule has 4 bridgehead atoms. The van der Waals surface area contributed by atoms with E-state index in [1.165, 1.54) is 127 Å². The highest BCUT2D eigenvalue weighted by Gasteiger charge is 2.52. The first-order valence-corrected chi connectivity index (χ1v) is 20.7. The zero-order valence-electron chi connectivity index (χ0n) is 32.1. The smallest absolute Gasteiger partial charge is 0.0159 e. The monoisotopic (exact) mass is 696 g/mol. The van der Waals surface area contributed by atoms with E-state index >= 15 is 0 Å². The summed E-state index contributed by atoms with van der Waals surface area (Å²) in [6.45, 7) is 9.59. The summed E-state index contributed by atoms with van der Waals surface area (Å²) in [7, 11) is 0. The van der Waals surface area contributed by atoms with Gasteiger partial charge in [-0.05, 0) is 174 Å². The first kappa shape index (κ1) is 31.4. The molecule has 0 saturated heterocycles. The minimum absolute atomic E-state index is 0.00880. The minimum Gasteiger partial charge on any atom is -0.0619 e. The maximum absolute atomic E-state index is 2.59. The number of fused-ring (bicyclic) bond motifs is 8. The van der Waals surface area contributed by atoms with Crippen LogP contribution in [0.2, 0.25) is 0 Å². The van der Waals surface area contributed by atoms with Crippen LogP contribution < -0.4 is 0 Å². The Bertz CT molecular complexity index is 2720. The van der Waals surface area contributed by atoms with E-state index in [1.807, 2.05) is 0 Å². The molecule has 4 fully saturated rings. The third kappa shape index (κ3) is 4.10. The number of hydrogen-bond donors (Lipinski definition) is 0. The average Bonchev–Trinajstić information content (AvgIpc) is 3.55. The molecule has 264 valence electrons. The lowest BCUT2D eigenvalue weighted by molar-refractivity contribution is -0.00382. The lowest BCUT2D eigenvalue weighted by Gasteiger charge is -2.57. The number of hydrogen-bond acceptors (Lipinski definition) is 0. The van der Waals surface area contributed by atoms with Gasteiger partial charge in [0.05, 0.1) is 0 Å². The van der Waals surface area contributed by atoms with Crippen LogP contribution in [0.25, 0.3) is 66.1 Å². The van der Waals surface area contributed by atoms with Crippen molar-refractivity contribution in [3.05, 3.63) is 155 Å². The molecule has 6 aliphatic carbocycles. The molecule has 0 amide bonds. The van der Waals surface area contributed by atoms with Gasteiger partial charge in [-0.3, -0.25) is 0 Å². The van der Waals surface area contributed by atoms with Gasteiger partial charge in [-0.2, -0.15) is 0 Å². The largest absolute Gasteiger partial charge is 0.0619 e. The van der Waals surface area contributed by atoms with E-state index in [0.29, 0.717) is 0 Å². The lowest BCUT2D eigenvalue weighted by atomic mass is 9.47. The molecule has 54 heavy (non-hydrogen) atoms. The second kappa shape index (κ2) is 10.6. The summed E-state index contributed by atoms with van der Waals surface area (Å²) >= 11 is 0. The third-order valence-electron chi connectivity index (χ3n) is 15.4. The van der Waals surface area contributed by atoms with Gasteiger partial charge >= 0.3 is 0 Å². The Morgan fingerprint density at radius 1 is 0.389 bits per heavy atom. The van der Waals surface area contributed by atoms with Crippen LogP contribution >= 0.6 is 0 Å². The van der Waals surface area contributed by atoms with Gasteiger partial charge < -0.3 is 0 Å². The predicted octanol–water partition coefficient (Wildman–Crippen LogP) is 14.4. The van der Waals surface area contributed by atoms with Crippen LogP contribution in [0.1, 0.15) is 94.0 Å². The highest BCUT2D eigenvalue weighted by Crippen LogP contribution is 2.63. The van der Waals surface area contributed by atoms with Crippen molar-refractivity contribution < 1.29 is 0 Å². The van der Waals surface area contributed by atoms with E-state index in [-0.39, 0.29) is 16.2 Å². The zero-order chi connectivity index (χ0) is 36.1. The van der Waals surface area contributed by atoms with Gasteiger partial charge in [-0.25, -0.2) is 0 Å². The van der Waals surface area contributed by atoms with Crippen molar-refractivity contribution in [2.75, 3.05) is 0 Å². The Morgan fingerprint density at radius 2 is 0.889 bits per heavy atom. The Hall–Kier alpha value is -4.94. The number of rotatable bonds is 3. The van der Waals surface area contributed by atoms with Crippen LogP contribution in [0.15, 0.2) is 127 Å². The highest BCUT2D eigenvalue weighted by atomic mass is 14.6. The summed E-state index contributed by atoms with van der Waals surface area (Å²) in [6, 6.07) is 49.9. The quantitative estimate of drug-likeness (QED) is 0.161. The molecule has 0 aromatic heterocycles. The van der Waals surface area contributed by atoms with Crippen LogP contribution in [-0.4, -0.2) is 0 Å². The Balaban J connectivity index is 1.13. The molecular weight excluding hydrogens is 649 g/mol. The van der Waals surface area contributed by atoms with Gasteiger partial charge in [-0.1, -0.05) is 137 Å². The molecule has 0 N–H and O–H groups in total. The average molecular weight is 697 g/mol. The molecule has 6 aliphatic rings. The number of benzene rings is 7. The maximum atomic E-state index is 2.59. The molecule has 0 unspecified atom stereocenters. The van der Waals surface area contributed by atoms with Gasteiger partial charge in [0.25, 0.3) is 0 Å². The molecule has 0 nitrogen and oxygen atoms in total. The molecule has 0 heterocycles. The molecule has 13 rings (SSSR count). The van der Waals surface area contributed by atoms with Gasteiger partial charge in [0.1, 0.15) is 0 Å². The van der Waals surface area contributed by atoms with Gasteiger partial charge in [0, 0.05) is 10.8 Å². The van der Waals surface area contributed by atoms with Crippen LogP contribution in [0.5, 0.6) is 0 Å². The predicted molar refractivity (Wildman–Crippen MR) is 227 cm³/mol. The van der Waals surface area contributed by atoms with E-state index in [2.05, 4.69) is 155 Å². The van der Waals surface area contributed by atoms with Crippen molar-refractivity contribution >= 4 is 21.5 Å². The van der Waals surface area contributed by atoms with Gasteiger partial charge in [-0.15, -0.1) is 0 Å². The van der Waals surface area contributed by atoms with E-state index in [9.17, 15) is 0 Å². The first-order valence-electron chi connectivity index (χ1n) is 20.7. The summed E-state index contributed by atoms with van der Waals surface area (Å²) in [4.78, 5) is 0. The maximum Gasteiger partial charge on any atom is 0.0159 e. The topological polar surface area (TPSA) is 0 Å². The summed E-state index contributed by atoms with van der Waals surface area (Å²) in [5.74, 6) is 2.68. The Morgan fingerprint density at radius 3 is 1.59 bits per heavy atom. The van der Waals surface area contributed by atoms with Crippen molar-refractivity contribution in [2.24, 2.45) is 17.8 Å². The van der Waals surface area contributed by atoms with E-state index in [1.54, 1.807) is 5.56 Å². The van der Waals surface area contributed by atoms with Crippen LogP contribution in [-0.2, 0) is 16.2 Å². The first-order chi connectivity index (χ1) is 26.2. The van der Waals surface area contributed by atoms with Crippen molar-refractivity contribution in [1.82, 2.24) is 0 Å². The van der Waals surface area contributed by atoms with Crippen molar-refractivity contribution in [2.45, 2.75) is 82.5 Å². The van der Waals surface area contributed by atoms with Crippen molar-refractivity contribution in [3.8, 4) is 44.5 Å². The fraction of sp³-hybridized carbons (Fsp3) is 0.296. The second-order valence-corrected chi connectivity index (χ2v) is 19.1. The molecule has 0 radical (unpaired) electrons. The fourth-order valence-electron chi connectivity index (χ4n) is 13.4. The van der Waals surface area contributed by atoms with E-state index in [4.69, 9.17) is 0 Å². The normalized spacial score (nSPS) is 24.8. The summed E-state index contributed by atoms with van der Waals surface area (Å²) < 4.78 is 0. The van der Waals surface area contributed by atoms with Gasteiger partial charge in [0.2, 0.25) is 0 Å². The summed E-state index contributed by atoms with van der Waals surface area (Å²) in [6.07, 6.45) is 8.48. The van der Waals surface area contributed by atoms with Crippen molar-refractivity contribution in [1.29, 1.82) is 0 Å². The second-order valence-electron chi connectivity index (χ2n) is 19.1. The zero-order valence-corrected chi connectivity index (χ0v) is 32.1. The third-order valence-corrected chi connectivity index (χ3v) is 15.4. The lowest BCUT2D eigenvalue weighted by Crippen LogP contribution is -2.48. The van der Waals surface area contributed by atoms with E-state index < -0.39 is 0 Å². The molecule has 0 heteroatoms. The minimum atomic E-state index is -0.0275. The molecule has 0 aliphatic heterocycles. The highest BCUT2D eigenvalue weighted by molar-refractivity contribution is 6.16. The standard InChI is InChI=1S/C54H48/c1-52(2)47-16-10-8-12-39(47)44-27-37(19-22-48(44)52)50-41-13-5-6-14-42(41)51(54-29-32-23-33(30-54)25-34(24-32)31-54)43-21-18-35(26-45(43)50)36-17-20-40-38-11-7-9-15-46(38)53(3,4)49(40)28-36/h5-22,26-28,32-34H,23-25,29-31H2,1-4H3. The van der Waals surface area contributed by atoms with Crippen molar-refractivity contribution in [3.63, 3.8) is 0 Å². The Kier molecular flexibility index (Phi) is 6.18. The molecule has 0 atom stereocenters. The van der Waals surface area contributed by atoms with Gasteiger partial charge in [0.15, 0.2) is 0 Å².